The highest BCUT2D eigenvalue weighted by molar-refractivity contribution is 6.14. The molecule has 0 aliphatic carbocycles. The number of hydrogen-bond acceptors (Lipinski definition) is 2. The Morgan fingerprint density at radius 3 is 2.54 bits per heavy atom. The number of rotatable bonds is 1. The molecule has 24 heavy (non-hydrogen) atoms. The first-order valence-corrected chi connectivity index (χ1v) is 8.00. The van der Waals surface area contributed by atoms with Crippen LogP contribution in [0, 0.1) is 5.82 Å². The molecule has 1 aliphatic rings. The molecule has 0 aromatic heterocycles. The van der Waals surface area contributed by atoms with Crippen molar-refractivity contribution in [2.75, 3.05) is 11.4 Å². The van der Waals surface area contributed by atoms with Gasteiger partial charge in [0.25, 0.3) is 5.91 Å². The van der Waals surface area contributed by atoms with E-state index in [-0.39, 0.29) is 17.8 Å². The van der Waals surface area contributed by atoms with Crippen molar-refractivity contribution in [1.82, 2.24) is 0 Å². The molecular formula is C20H17FN2O. The summed E-state index contributed by atoms with van der Waals surface area (Å²) in [6, 6.07) is 17.6. The molecule has 3 aromatic carbocycles. The third-order valence-corrected chi connectivity index (χ3v) is 4.64. The summed E-state index contributed by atoms with van der Waals surface area (Å²) in [6.07, 6.45) is 0.710. The highest BCUT2D eigenvalue weighted by Crippen LogP contribution is 2.34. The number of nitrogens with zero attached hydrogens (tertiary/aromatic N) is 1. The van der Waals surface area contributed by atoms with Crippen LogP contribution in [0.2, 0.25) is 0 Å². The number of nitrogens with two attached hydrogens (primary N) is 1. The molecule has 1 amide bonds. The van der Waals surface area contributed by atoms with Gasteiger partial charge in [-0.25, -0.2) is 4.39 Å². The summed E-state index contributed by atoms with van der Waals surface area (Å²) in [5.74, 6) is -0.436. The molecule has 4 rings (SSSR count). The van der Waals surface area contributed by atoms with Crippen molar-refractivity contribution in [3.05, 3.63) is 77.6 Å². The minimum Gasteiger partial charge on any atom is -0.324 e. The normalized spacial score (nSPS) is 16.9. The molecule has 4 heteroatoms. The van der Waals surface area contributed by atoms with Gasteiger partial charge in [-0.2, -0.15) is 0 Å². The molecule has 0 bridgehead atoms. The van der Waals surface area contributed by atoms with Crippen molar-refractivity contribution in [1.29, 1.82) is 0 Å². The van der Waals surface area contributed by atoms with Crippen LogP contribution in [0.15, 0.2) is 60.7 Å². The zero-order valence-electron chi connectivity index (χ0n) is 13.1. The molecule has 3 aromatic rings. The number of fused-ring (bicyclic) bond motifs is 2. The third kappa shape index (κ3) is 2.27. The lowest BCUT2D eigenvalue weighted by Crippen LogP contribution is -2.38. The summed E-state index contributed by atoms with van der Waals surface area (Å²) < 4.78 is 14.0. The average Bonchev–Trinajstić information content (AvgIpc) is 2.62. The Hall–Kier alpha value is -2.72. The molecule has 1 heterocycles. The molecule has 1 aliphatic heterocycles. The van der Waals surface area contributed by atoms with Crippen LogP contribution in [-0.4, -0.2) is 12.5 Å². The minimum atomic E-state index is -0.316. The summed E-state index contributed by atoms with van der Waals surface area (Å²) in [6.45, 7) is 0.558. The van der Waals surface area contributed by atoms with Gasteiger partial charge in [0.2, 0.25) is 0 Å². The SMILES string of the molecule is NC1CCN(C(=O)c2ccc(F)c3ccccc23)c2ccccc21. The van der Waals surface area contributed by atoms with E-state index in [1.807, 2.05) is 30.3 Å². The molecule has 2 N–H and O–H groups in total. The average molecular weight is 320 g/mol. The van der Waals surface area contributed by atoms with Crippen molar-refractivity contribution in [2.45, 2.75) is 12.5 Å². The van der Waals surface area contributed by atoms with Crippen LogP contribution in [0.5, 0.6) is 0 Å². The van der Waals surface area contributed by atoms with Gasteiger partial charge in [0.15, 0.2) is 0 Å². The van der Waals surface area contributed by atoms with Crippen LogP contribution in [0.25, 0.3) is 10.8 Å². The zero-order valence-corrected chi connectivity index (χ0v) is 13.1. The highest BCUT2D eigenvalue weighted by Gasteiger charge is 2.28. The van der Waals surface area contributed by atoms with E-state index in [1.165, 1.54) is 6.07 Å². The predicted molar refractivity (Wildman–Crippen MR) is 93.6 cm³/mol. The maximum absolute atomic E-state index is 14.0. The maximum Gasteiger partial charge on any atom is 0.258 e. The number of amides is 1. The standard InChI is InChI=1S/C20H17FN2O/c21-17-10-9-15(13-5-1-2-6-14(13)17)20(24)23-12-11-18(22)16-7-3-4-8-19(16)23/h1-10,18H,11-12,22H2. The fourth-order valence-electron chi connectivity index (χ4n) is 3.40. The van der Waals surface area contributed by atoms with E-state index in [9.17, 15) is 9.18 Å². The smallest absolute Gasteiger partial charge is 0.258 e. The second-order valence-electron chi connectivity index (χ2n) is 6.05. The van der Waals surface area contributed by atoms with E-state index in [0.717, 1.165) is 11.3 Å². The molecule has 0 spiro atoms. The number of carbonyl (C=O) groups is 1. The molecule has 120 valence electrons. The fourth-order valence-corrected chi connectivity index (χ4v) is 3.40. The van der Waals surface area contributed by atoms with Gasteiger partial charge in [0.05, 0.1) is 0 Å². The lowest BCUT2D eigenvalue weighted by atomic mass is 9.95. The van der Waals surface area contributed by atoms with Crippen molar-refractivity contribution in [2.24, 2.45) is 5.73 Å². The van der Waals surface area contributed by atoms with Crippen LogP contribution in [-0.2, 0) is 0 Å². The molecule has 0 radical (unpaired) electrons. The van der Waals surface area contributed by atoms with Crippen molar-refractivity contribution in [3.63, 3.8) is 0 Å². The Balaban J connectivity index is 1.84. The zero-order chi connectivity index (χ0) is 16.7. The number of hydrogen-bond donors (Lipinski definition) is 1. The number of benzene rings is 3. The Labute approximate surface area is 139 Å². The topological polar surface area (TPSA) is 46.3 Å². The molecule has 1 atom stereocenters. The molecule has 0 fully saturated rings. The van der Waals surface area contributed by atoms with E-state index in [0.29, 0.717) is 29.3 Å². The van der Waals surface area contributed by atoms with Gasteiger partial charge in [-0.3, -0.25) is 4.79 Å². The van der Waals surface area contributed by atoms with Crippen molar-refractivity contribution >= 4 is 22.4 Å². The summed E-state index contributed by atoms with van der Waals surface area (Å²) in [7, 11) is 0. The lowest BCUT2D eigenvalue weighted by molar-refractivity contribution is 0.0986. The first-order chi connectivity index (χ1) is 11.7. The molecular weight excluding hydrogens is 303 g/mol. The largest absolute Gasteiger partial charge is 0.324 e. The van der Waals surface area contributed by atoms with Gasteiger partial charge >= 0.3 is 0 Å². The Morgan fingerprint density at radius 2 is 1.71 bits per heavy atom. The summed E-state index contributed by atoms with van der Waals surface area (Å²) >= 11 is 0. The van der Waals surface area contributed by atoms with Gasteiger partial charge < -0.3 is 10.6 Å². The Kier molecular flexibility index (Phi) is 3.54. The van der Waals surface area contributed by atoms with E-state index in [1.54, 1.807) is 29.2 Å². The first kappa shape index (κ1) is 14.8. The Morgan fingerprint density at radius 1 is 1.00 bits per heavy atom. The summed E-state index contributed by atoms with van der Waals surface area (Å²) in [5, 5.41) is 1.10. The molecule has 1 unspecified atom stereocenters. The van der Waals surface area contributed by atoms with Crippen LogP contribution in [0.4, 0.5) is 10.1 Å². The molecule has 0 saturated carbocycles. The second-order valence-corrected chi connectivity index (χ2v) is 6.05. The highest BCUT2D eigenvalue weighted by atomic mass is 19.1. The first-order valence-electron chi connectivity index (χ1n) is 8.00. The monoisotopic (exact) mass is 320 g/mol. The summed E-state index contributed by atoms with van der Waals surface area (Å²) in [5.41, 5.74) is 8.50. The molecule has 3 nitrogen and oxygen atoms in total. The summed E-state index contributed by atoms with van der Waals surface area (Å²) in [4.78, 5) is 14.9. The molecule has 0 saturated heterocycles. The third-order valence-electron chi connectivity index (χ3n) is 4.64. The minimum absolute atomic E-state index is 0.0600. The van der Waals surface area contributed by atoms with Crippen LogP contribution in [0.1, 0.15) is 28.4 Å². The van der Waals surface area contributed by atoms with Crippen LogP contribution in [0.3, 0.4) is 0 Å². The van der Waals surface area contributed by atoms with E-state index in [2.05, 4.69) is 0 Å². The van der Waals surface area contributed by atoms with Gasteiger partial charge in [-0.1, -0.05) is 42.5 Å². The van der Waals surface area contributed by atoms with E-state index < -0.39 is 0 Å². The number of carbonyl (C=O) groups excluding carboxylic acids is 1. The Bertz CT molecular complexity index is 938. The maximum atomic E-state index is 14.0. The van der Waals surface area contributed by atoms with Gasteiger partial charge in [-0.05, 0) is 35.6 Å². The van der Waals surface area contributed by atoms with E-state index >= 15 is 0 Å². The van der Waals surface area contributed by atoms with Crippen molar-refractivity contribution in [3.8, 4) is 0 Å². The van der Waals surface area contributed by atoms with Crippen LogP contribution < -0.4 is 10.6 Å². The number of halogens is 1. The van der Waals surface area contributed by atoms with Gasteiger partial charge in [0, 0.05) is 29.2 Å². The number of para-hydroxylation sites is 1. The lowest BCUT2D eigenvalue weighted by Gasteiger charge is -2.33. The fraction of sp³-hybridized carbons (Fsp3) is 0.150. The van der Waals surface area contributed by atoms with Crippen molar-refractivity contribution < 1.29 is 9.18 Å². The quantitative estimate of drug-likeness (QED) is 0.736. The van der Waals surface area contributed by atoms with Crippen LogP contribution >= 0.6 is 0 Å². The van der Waals surface area contributed by atoms with E-state index in [4.69, 9.17) is 5.73 Å². The second kappa shape index (κ2) is 5.73. The van der Waals surface area contributed by atoms with Gasteiger partial charge in [0.1, 0.15) is 5.82 Å². The number of anilines is 1. The van der Waals surface area contributed by atoms with Gasteiger partial charge in [-0.15, -0.1) is 0 Å². The predicted octanol–water partition coefficient (Wildman–Crippen LogP) is 4.03.